The Morgan fingerprint density at radius 1 is 1.41 bits per heavy atom. The van der Waals surface area contributed by atoms with Gasteiger partial charge in [-0.05, 0) is 18.2 Å². The highest BCUT2D eigenvalue weighted by Gasteiger charge is 2.30. The van der Waals surface area contributed by atoms with E-state index in [1.165, 1.54) is 25.4 Å². The molecule has 0 aliphatic heterocycles. The summed E-state index contributed by atoms with van der Waals surface area (Å²) >= 11 is 0.697. The molecule has 0 radical (unpaired) electrons. The van der Waals surface area contributed by atoms with Gasteiger partial charge < -0.3 is 15.5 Å². The molecule has 0 saturated carbocycles. The number of primary amides is 1. The van der Waals surface area contributed by atoms with Gasteiger partial charge >= 0.3 is 5.69 Å². The molecule has 4 aromatic rings. The number of hydrogen-bond donors (Lipinski definition) is 2. The molecule has 11 nitrogen and oxygen atoms in total. The topological polar surface area (TPSA) is 159 Å². The first kappa shape index (κ1) is 21.0. The fourth-order valence-corrected chi connectivity index (χ4v) is 4.16. The van der Waals surface area contributed by atoms with E-state index in [0.717, 1.165) is 16.9 Å². The van der Waals surface area contributed by atoms with Crippen LogP contribution in [0.2, 0.25) is 0 Å². The van der Waals surface area contributed by atoms with Gasteiger partial charge in [0.15, 0.2) is 0 Å². The van der Waals surface area contributed by atoms with Gasteiger partial charge in [0.25, 0.3) is 18.2 Å². The molecule has 4 heterocycles. The van der Waals surface area contributed by atoms with E-state index >= 15 is 0 Å². The number of fused-ring (bicyclic) bond motifs is 1. The van der Waals surface area contributed by atoms with Crippen molar-refractivity contribution in [3.05, 3.63) is 57.0 Å². The van der Waals surface area contributed by atoms with E-state index in [-0.39, 0.29) is 37.8 Å². The first-order valence-electron chi connectivity index (χ1n) is 8.76. The second kappa shape index (κ2) is 7.81. The van der Waals surface area contributed by atoms with Crippen molar-refractivity contribution in [2.75, 3.05) is 5.32 Å². The number of aromatic nitrogens is 3. The normalized spacial score (nSPS) is 11.2. The highest BCUT2D eigenvalue weighted by Crippen LogP contribution is 2.42. The van der Waals surface area contributed by atoms with Gasteiger partial charge in [0.05, 0.1) is 16.9 Å². The minimum absolute atomic E-state index is 0.00203. The standard InChI is InChI=1S/C18H12F2N6O5S/c1-25-13(9(6-22-25)26(29)30)17(28)24-12-11-7(10-3-2-4-31-10)5-8(15(19)20)23-18(11)32-14(12)16(21)27/h2-6,15H,1H3,(H2,21,27)(H,24,28). The summed E-state index contributed by atoms with van der Waals surface area (Å²) < 4.78 is 33.2. The molecule has 0 unspecified atom stereocenters. The summed E-state index contributed by atoms with van der Waals surface area (Å²) in [5.74, 6) is -1.73. The molecule has 4 aromatic heterocycles. The van der Waals surface area contributed by atoms with E-state index in [1.54, 1.807) is 0 Å². The number of halogens is 2. The Hall–Kier alpha value is -4.20. The van der Waals surface area contributed by atoms with E-state index in [4.69, 9.17) is 10.2 Å². The molecule has 0 atom stereocenters. The van der Waals surface area contributed by atoms with Crippen LogP contribution < -0.4 is 11.1 Å². The third-order valence-corrected chi connectivity index (χ3v) is 5.58. The number of anilines is 1. The molecule has 164 valence electrons. The van der Waals surface area contributed by atoms with E-state index in [0.29, 0.717) is 11.3 Å². The number of nitrogens with zero attached hydrogens (tertiary/aromatic N) is 4. The largest absolute Gasteiger partial charge is 0.464 e. The summed E-state index contributed by atoms with van der Waals surface area (Å²) in [5, 5.41) is 17.5. The van der Waals surface area contributed by atoms with Crippen LogP contribution in [-0.4, -0.2) is 31.5 Å². The second-order valence-corrected chi connectivity index (χ2v) is 7.44. The van der Waals surface area contributed by atoms with Gasteiger partial charge in [-0.25, -0.2) is 13.8 Å². The van der Waals surface area contributed by atoms with Crippen LogP contribution in [0.5, 0.6) is 0 Å². The Labute approximate surface area is 180 Å². The van der Waals surface area contributed by atoms with Crippen molar-refractivity contribution >= 4 is 44.7 Å². The number of furan rings is 1. The van der Waals surface area contributed by atoms with Gasteiger partial charge in [-0.1, -0.05) is 0 Å². The fraction of sp³-hybridized carbons (Fsp3) is 0.111. The van der Waals surface area contributed by atoms with Crippen molar-refractivity contribution < 1.29 is 27.7 Å². The van der Waals surface area contributed by atoms with Crippen LogP contribution in [0.1, 0.15) is 32.3 Å². The Bertz CT molecular complexity index is 1380. The van der Waals surface area contributed by atoms with Gasteiger partial charge in [-0.2, -0.15) is 5.10 Å². The summed E-state index contributed by atoms with van der Waals surface area (Å²) in [5.41, 5.74) is 3.93. The van der Waals surface area contributed by atoms with Gasteiger partial charge in [0.1, 0.15) is 27.4 Å². The minimum atomic E-state index is -2.91. The number of nitro groups is 1. The van der Waals surface area contributed by atoms with Crippen LogP contribution in [0, 0.1) is 10.1 Å². The van der Waals surface area contributed by atoms with Crippen LogP contribution in [-0.2, 0) is 7.05 Å². The van der Waals surface area contributed by atoms with Crippen LogP contribution in [0.25, 0.3) is 21.5 Å². The number of nitrogens with two attached hydrogens (primary N) is 1. The molecule has 0 aromatic carbocycles. The number of carbonyl (C=O) groups is 2. The Kier molecular flexibility index (Phi) is 5.14. The van der Waals surface area contributed by atoms with Crippen molar-refractivity contribution in [3.8, 4) is 11.3 Å². The second-order valence-electron chi connectivity index (χ2n) is 6.44. The molecular weight excluding hydrogens is 450 g/mol. The molecule has 0 aliphatic rings. The molecule has 14 heteroatoms. The van der Waals surface area contributed by atoms with Gasteiger partial charge in [-0.3, -0.25) is 24.4 Å². The molecule has 0 saturated heterocycles. The molecule has 0 fully saturated rings. The number of rotatable bonds is 6. The van der Waals surface area contributed by atoms with E-state index in [2.05, 4.69) is 15.4 Å². The highest BCUT2D eigenvalue weighted by molar-refractivity contribution is 7.21. The molecule has 2 amide bonds. The first-order valence-corrected chi connectivity index (χ1v) is 9.57. The van der Waals surface area contributed by atoms with E-state index in [1.807, 2.05) is 0 Å². The van der Waals surface area contributed by atoms with Crippen molar-refractivity contribution in [1.82, 2.24) is 14.8 Å². The summed E-state index contributed by atoms with van der Waals surface area (Å²) in [7, 11) is 1.33. The zero-order chi connectivity index (χ0) is 23.2. The Morgan fingerprint density at radius 2 is 2.16 bits per heavy atom. The Morgan fingerprint density at radius 3 is 2.75 bits per heavy atom. The molecule has 0 spiro atoms. The molecule has 32 heavy (non-hydrogen) atoms. The predicted molar refractivity (Wildman–Crippen MR) is 109 cm³/mol. The zero-order valence-electron chi connectivity index (χ0n) is 16.0. The number of hydrogen-bond acceptors (Lipinski definition) is 8. The van der Waals surface area contributed by atoms with Gasteiger partial charge in [-0.15, -0.1) is 11.3 Å². The maximum absolute atomic E-state index is 13.4. The number of aryl methyl sites for hydroxylation is 1. The Balaban J connectivity index is 1.95. The lowest BCUT2D eigenvalue weighted by atomic mass is 10.1. The maximum atomic E-state index is 13.4. The molecule has 4 rings (SSSR count). The SMILES string of the molecule is Cn1ncc([N+](=O)[O-])c1C(=O)Nc1c(C(N)=O)sc2nc(C(F)F)cc(-c3ccco3)c12. The van der Waals surface area contributed by atoms with Crippen molar-refractivity contribution in [2.45, 2.75) is 6.43 Å². The lowest BCUT2D eigenvalue weighted by Gasteiger charge is -2.09. The average Bonchev–Trinajstić information content (AvgIpc) is 3.45. The third-order valence-electron chi connectivity index (χ3n) is 4.49. The summed E-state index contributed by atoms with van der Waals surface area (Å²) in [6, 6.07) is 4.11. The van der Waals surface area contributed by atoms with E-state index < -0.39 is 34.5 Å². The van der Waals surface area contributed by atoms with Gasteiger partial charge in [0.2, 0.25) is 5.69 Å². The number of amides is 2. The monoisotopic (exact) mass is 462 g/mol. The molecular formula is C18H12F2N6O5S. The van der Waals surface area contributed by atoms with E-state index in [9.17, 15) is 28.5 Å². The molecule has 3 N–H and O–H groups in total. The van der Waals surface area contributed by atoms with Gasteiger partial charge in [0, 0.05) is 18.0 Å². The van der Waals surface area contributed by atoms with Crippen molar-refractivity contribution in [1.29, 1.82) is 0 Å². The third kappa shape index (κ3) is 3.45. The van der Waals surface area contributed by atoms with Crippen molar-refractivity contribution in [2.24, 2.45) is 12.8 Å². The smallest absolute Gasteiger partial charge is 0.320 e. The molecule has 0 aliphatic carbocycles. The van der Waals surface area contributed by atoms with Crippen molar-refractivity contribution in [3.63, 3.8) is 0 Å². The van der Waals surface area contributed by atoms with Crippen LogP contribution >= 0.6 is 11.3 Å². The molecule has 0 bridgehead atoms. The highest BCUT2D eigenvalue weighted by atomic mass is 32.1. The summed E-state index contributed by atoms with van der Waals surface area (Å²) in [6.45, 7) is 0. The number of pyridine rings is 1. The number of thiophene rings is 1. The minimum Gasteiger partial charge on any atom is -0.464 e. The van der Waals surface area contributed by atoms with Crippen LogP contribution in [0.15, 0.2) is 35.1 Å². The lowest BCUT2D eigenvalue weighted by Crippen LogP contribution is -2.20. The quantitative estimate of drug-likeness (QED) is 0.328. The summed E-state index contributed by atoms with van der Waals surface area (Å²) in [6.07, 6.45) is -0.690. The summed E-state index contributed by atoms with van der Waals surface area (Å²) in [4.78, 5) is 39.2. The first-order chi connectivity index (χ1) is 15.2. The predicted octanol–water partition coefficient (Wildman–Crippen LogP) is 3.49. The number of nitrogens with one attached hydrogen (secondary N) is 1. The maximum Gasteiger partial charge on any atom is 0.320 e. The number of carbonyl (C=O) groups excluding carboxylic acids is 2. The fourth-order valence-electron chi connectivity index (χ4n) is 3.14. The zero-order valence-corrected chi connectivity index (χ0v) is 16.9. The average molecular weight is 462 g/mol. The van der Waals surface area contributed by atoms with Crippen LogP contribution in [0.3, 0.4) is 0 Å². The van der Waals surface area contributed by atoms with Crippen LogP contribution in [0.4, 0.5) is 20.2 Å². The lowest BCUT2D eigenvalue weighted by molar-refractivity contribution is -0.385. The number of alkyl halides is 2.